The Bertz CT molecular complexity index is 589. The Labute approximate surface area is 115 Å². The number of benzene rings is 2. The molecule has 0 fully saturated rings. The fraction of sp³-hybridized carbons (Fsp3) is 0.200. The van der Waals surface area contributed by atoms with Crippen molar-refractivity contribution in [3.63, 3.8) is 0 Å². The van der Waals surface area contributed by atoms with Crippen LogP contribution in [0.25, 0.3) is 0 Å². The summed E-state index contributed by atoms with van der Waals surface area (Å²) in [5, 5.41) is 3.11. The number of nitrogens with one attached hydrogen (secondary N) is 1. The maximum absolute atomic E-state index is 12.4. The summed E-state index contributed by atoms with van der Waals surface area (Å²) in [6.45, 7) is 2.36. The number of rotatable bonds is 3. The number of alkyl halides is 3. The van der Waals surface area contributed by atoms with E-state index in [2.05, 4.69) is 5.32 Å². The predicted molar refractivity (Wildman–Crippen MR) is 74.4 cm³/mol. The predicted octanol–water partition coefficient (Wildman–Crippen LogP) is 4.21. The van der Waals surface area contributed by atoms with Crippen LogP contribution in [0.4, 0.5) is 24.5 Å². The van der Waals surface area contributed by atoms with Gasteiger partial charge in [0.2, 0.25) is 0 Å². The molecule has 20 heavy (non-hydrogen) atoms. The Hall–Kier alpha value is -2.17. The first-order valence-electron chi connectivity index (χ1n) is 6.12. The van der Waals surface area contributed by atoms with Crippen LogP contribution in [0, 0.1) is 6.92 Å². The van der Waals surface area contributed by atoms with Gasteiger partial charge >= 0.3 is 6.18 Å². The third-order valence-corrected chi connectivity index (χ3v) is 2.97. The number of halogens is 3. The van der Waals surface area contributed by atoms with E-state index in [0.29, 0.717) is 12.2 Å². The maximum atomic E-state index is 12.4. The molecule has 0 heterocycles. The van der Waals surface area contributed by atoms with E-state index in [0.717, 1.165) is 28.9 Å². The van der Waals surface area contributed by atoms with Gasteiger partial charge in [-0.15, -0.1) is 0 Å². The van der Waals surface area contributed by atoms with E-state index in [1.54, 1.807) is 0 Å². The first kappa shape index (κ1) is 14.2. The molecule has 0 aromatic heterocycles. The summed E-state index contributed by atoms with van der Waals surface area (Å²) in [5.74, 6) is 0. The molecule has 0 saturated heterocycles. The van der Waals surface area contributed by atoms with Crippen LogP contribution in [-0.4, -0.2) is 0 Å². The largest absolute Gasteiger partial charge is 0.416 e. The number of nitrogens with two attached hydrogens (primary N) is 1. The second-order valence-corrected chi connectivity index (χ2v) is 4.64. The summed E-state index contributed by atoms with van der Waals surface area (Å²) >= 11 is 0. The first-order valence-corrected chi connectivity index (χ1v) is 6.12. The molecule has 3 N–H and O–H groups in total. The molecule has 2 aromatic carbocycles. The second kappa shape index (κ2) is 5.45. The molecule has 0 aliphatic rings. The minimum Gasteiger partial charge on any atom is -0.397 e. The highest BCUT2D eigenvalue weighted by Crippen LogP contribution is 2.29. The Kier molecular flexibility index (Phi) is 3.88. The Morgan fingerprint density at radius 2 is 1.70 bits per heavy atom. The molecule has 2 rings (SSSR count). The topological polar surface area (TPSA) is 38.0 Å². The molecule has 0 saturated carbocycles. The van der Waals surface area contributed by atoms with Crippen LogP contribution in [0.1, 0.15) is 16.7 Å². The quantitative estimate of drug-likeness (QED) is 0.827. The highest BCUT2D eigenvalue weighted by molar-refractivity contribution is 5.66. The lowest BCUT2D eigenvalue weighted by Crippen LogP contribution is -2.06. The second-order valence-electron chi connectivity index (χ2n) is 4.64. The standard InChI is InChI=1S/C15H15F3N2/c1-10-2-7-14(13(19)8-10)20-9-11-3-5-12(6-4-11)15(16,17)18/h2-8,20H,9,19H2,1H3. The Morgan fingerprint density at radius 1 is 1.05 bits per heavy atom. The first-order chi connectivity index (χ1) is 9.36. The minimum atomic E-state index is -4.30. The van der Waals surface area contributed by atoms with Crippen LogP contribution >= 0.6 is 0 Å². The van der Waals surface area contributed by atoms with Gasteiger partial charge in [-0.1, -0.05) is 18.2 Å². The maximum Gasteiger partial charge on any atom is 0.416 e. The molecule has 0 atom stereocenters. The Morgan fingerprint density at radius 3 is 2.25 bits per heavy atom. The van der Waals surface area contributed by atoms with Crippen molar-refractivity contribution < 1.29 is 13.2 Å². The molecule has 106 valence electrons. The van der Waals surface area contributed by atoms with Gasteiger partial charge in [-0.25, -0.2) is 0 Å². The monoisotopic (exact) mass is 280 g/mol. The summed E-state index contributed by atoms with van der Waals surface area (Å²) < 4.78 is 37.3. The summed E-state index contributed by atoms with van der Waals surface area (Å²) in [6.07, 6.45) is -4.30. The van der Waals surface area contributed by atoms with Gasteiger partial charge in [0.05, 0.1) is 16.9 Å². The van der Waals surface area contributed by atoms with Crippen LogP contribution in [0.15, 0.2) is 42.5 Å². The van der Waals surface area contributed by atoms with Gasteiger partial charge in [0, 0.05) is 6.54 Å². The summed E-state index contributed by atoms with van der Waals surface area (Å²) in [6, 6.07) is 10.7. The van der Waals surface area contributed by atoms with Crippen molar-refractivity contribution in [1.82, 2.24) is 0 Å². The average molecular weight is 280 g/mol. The zero-order valence-electron chi connectivity index (χ0n) is 11.0. The fourth-order valence-electron chi connectivity index (χ4n) is 1.85. The third-order valence-electron chi connectivity index (χ3n) is 2.97. The van der Waals surface area contributed by atoms with Crippen LogP contribution < -0.4 is 11.1 Å². The van der Waals surface area contributed by atoms with E-state index in [1.165, 1.54) is 12.1 Å². The zero-order chi connectivity index (χ0) is 14.8. The molecule has 0 aliphatic carbocycles. The third kappa shape index (κ3) is 3.44. The zero-order valence-corrected chi connectivity index (χ0v) is 11.0. The van der Waals surface area contributed by atoms with Crippen molar-refractivity contribution in [3.05, 3.63) is 59.2 Å². The molecular weight excluding hydrogens is 265 g/mol. The molecule has 0 spiro atoms. The van der Waals surface area contributed by atoms with Gasteiger partial charge in [-0.2, -0.15) is 13.2 Å². The lowest BCUT2D eigenvalue weighted by atomic mass is 10.1. The SMILES string of the molecule is Cc1ccc(NCc2ccc(C(F)(F)F)cc2)c(N)c1. The smallest absolute Gasteiger partial charge is 0.397 e. The van der Waals surface area contributed by atoms with Crippen LogP contribution in [-0.2, 0) is 12.7 Å². The van der Waals surface area contributed by atoms with E-state index < -0.39 is 11.7 Å². The minimum absolute atomic E-state index is 0.422. The molecule has 2 nitrogen and oxygen atoms in total. The number of nitrogen functional groups attached to an aromatic ring is 1. The number of aryl methyl sites for hydroxylation is 1. The number of hydrogen-bond donors (Lipinski definition) is 2. The fourth-order valence-corrected chi connectivity index (χ4v) is 1.85. The number of anilines is 2. The van der Waals surface area contributed by atoms with Crippen LogP contribution in [0.2, 0.25) is 0 Å². The van der Waals surface area contributed by atoms with Crippen molar-refractivity contribution in [2.45, 2.75) is 19.6 Å². The average Bonchev–Trinajstić information content (AvgIpc) is 2.37. The molecule has 0 radical (unpaired) electrons. The molecule has 0 aliphatic heterocycles. The van der Waals surface area contributed by atoms with E-state index in [4.69, 9.17) is 5.73 Å². The van der Waals surface area contributed by atoms with Gasteiger partial charge in [0.1, 0.15) is 0 Å². The van der Waals surface area contributed by atoms with Gasteiger partial charge in [0.25, 0.3) is 0 Å². The molecule has 0 amide bonds. The van der Waals surface area contributed by atoms with Gasteiger partial charge in [0.15, 0.2) is 0 Å². The van der Waals surface area contributed by atoms with Crippen molar-refractivity contribution in [1.29, 1.82) is 0 Å². The number of hydrogen-bond acceptors (Lipinski definition) is 2. The molecule has 2 aromatic rings. The van der Waals surface area contributed by atoms with Gasteiger partial charge in [-0.05, 0) is 42.3 Å². The van der Waals surface area contributed by atoms with Gasteiger partial charge in [-0.3, -0.25) is 0 Å². The lowest BCUT2D eigenvalue weighted by Gasteiger charge is -2.11. The van der Waals surface area contributed by atoms with E-state index in [9.17, 15) is 13.2 Å². The van der Waals surface area contributed by atoms with E-state index in [1.807, 2.05) is 25.1 Å². The van der Waals surface area contributed by atoms with Crippen molar-refractivity contribution in [3.8, 4) is 0 Å². The highest BCUT2D eigenvalue weighted by atomic mass is 19.4. The highest BCUT2D eigenvalue weighted by Gasteiger charge is 2.29. The summed E-state index contributed by atoms with van der Waals surface area (Å²) in [5.41, 5.74) is 8.43. The summed E-state index contributed by atoms with van der Waals surface area (Å²) in [7, 11) is 0. The molecule has 5 heteroatoms. The van der Waals surface area contributed by atoms with E-state index >= 15 is 0 Å². The molecule has 0 unspecified atom stereocenters. The van der Waals surface area contributed by atoms with E-state index in [-0.39, 0.29) is 0 Å². The van der Waals surface area contributed by atoms with Crippen molar-refractivity contribution in [2.24, 2.45) is 0 Å². The molecule has 0 bridgehead atoms. The summed E-state index contributed by atoms with van der Waals surface area (Å²) in [4.78, 5) is 0. The van der Waals surface area contributed by atoms with Crippen molar-refractivity contribution in [2.75, 3.05) is 11.1 Å². The normalized spacial score (nSPS) is 11.4. The Balaban J connectivity index is 2.04. The molecular formula is C15H15F3N2. The van der Waals surface area contributed by atoms with Crippen molar-refractivity contribution >= 4 is 11.4 Å². The van der Waals surface area contributed by atoms with Crippen LogP contribution in [0.3, 0.4) is 0 Å². The van der Waals surface area contributed by atoms with Crippen LogP contribution in [0.5, 0.6) is 0 Å². The lowest BCUT2D eigenvalue weighted by molar-refractivity contribution is -0.137. The van der Waals surface area contributed by atoms with Gasteiger partial charge < -0.3 is 11.1 Å².